The third-order valence-corrected chi connectivity index (χ3v) is 4.72. The van der Waals surface area contributed by atoms with Gasteiger partial charge in [-0.3, -0.25) is 25.2 Å². The van der Waals surface area contributed by atoms with Gasteiger partial charge in [0, 0.05) is 17.2 Å². The Morgan fingerprint density at radius 3 is 2.34 bits per heavy atom. The number of hydrogen-bond acceptors (Lipinski definition) is 4. The highest BCUT2D eigenvalue weighted by Crippen LogP contribution is 2.30. The van der Waals surface area contributed by atoms with Gasteiger partial charge in [-0.2, -0.15) is 0 Å². The number of hydrogen-bond donors (Lipinski definition) is 4. The number of rotatable bonds is 5. The van der Waals surface area contributed by atoms with Crippen molar-refractivity contribution in [3.05, 3.63) is 65.2 Å². The molecule has 1 aliphatic carbocycles. The van der Waals surface area contributed by atoms with Crippen molar-refractivity contribution in [3.8, 4) is 0 Å². The van der Waals surface area contributed by atoms with Gasteiger partial charge in [0.25, 0.3) is 5.91 Å². The van der Waals surface area contributed by atoms with E-state index in [1.54, 1.807) is 24.3 Å². The van der Waals surface area contributed by atoms with Gasteiger partial charge in [-0.15, -0.1) is 0 Å². The minimum atomic E-state index is -0.416. The largest absolute Gasteiger partial charge is 0.326 e. The topological polar surface area (TPSA) is 99.3 Å². The third kappa shape index (κ3) is 6.11. The zero-order valence-corrected chi connectivity index (χ0v) is 16.8. The molecule has 2 aromatic carbocycles. The van der Waals surface area contributed by atoms with Crippen LogP contribution in [0.25, 0.3) is 0 Å². The van der Waals surface area contributed by atoms with Gasteiger partial charge in [0.1, 0.15) is 0 Å². The van der Waals surface area contributed by atoms with E-state index in [9.17, 15) is 14.4 Å². The maximum Gasteiger partial charge on any atom is 0.269 e. The SMILES string of the molecule is Cc1ccccc1CC(=O)NC(=S)NNC(=O)c1ccc(NC(=O)C2CC2)cc1. The maximum atomic E-state index is 12.2. The molecule has 4 N–H and O–H groups in total. The van der Waals surface area contributed by atoms with Crippen molar-refractivity contribution in [1.29, 1.82) is 0 Å². The molecular weight excluding hydrogens is 388 g/mol. The van der Waals surface area contributed by atoms with Crippen LogP contribution in [0.2, 0.25) is 0 Å². The van der Waals surface area contributed by atoms with Gasteiger partial charge in [-0.05, 0) is 67.4 Å². The van der Waals surface area contributed by atoms with Gasteiger partial charge in [-0.25, -0.2) is 0 Å². The van der Waals surface area contributed by atoms with Gasteiger partial charge in [0.05, 0.1) is 6.42 Å². The molecule has 0 unspecified atom stereocenters. The Kier molecular flexibility index (Phi) is 6.56. The summed E-state index contributed by atoms with van der Waals surface area (Å²) in [5, 5.41) is 5.34. The molecule has 3 rings (SSSR count). The summed E-state index contributed by atoms with van der Waals surface area (Å²) in [6.07, 6.45) is 2.05. The van der Waals surface area contributed by atoms with Gasteiger partial charge >= 0.3 is 0 Å². The van der Waals surface area contributed by atoms with Crippen LogP contribution in [0, 0.1) is 12.8 Å². The summed E-state index contributed by atoms with van der Waals surface area (Å²) in [6.45, 7) is 1.93. The molecule has 1 aliphatic rings. The Labute approximate surface area is 174 Å². The second-order valence-electron chi connectivity index (χ2n) is 6.90. The zero-order chi connectivity index (χ0) is 20.8. The van der Waals surface area contributed by atoms with Crippen molar-refractivity contribution < 1.29 is 14.4 Å². The first-order chi connectivity index (χ1) is 13.9. The highest BCUT2D eigenvalue weighted by Gasteiger charge is 2.29. The van der Waals surface area contributed by atoms with Crippen LogP contribution in [0.5, 0.6) is 0 Å². The van der Waals surface area contributed by atoms with E-state index in [1.807, 2.05) is 31.2 Å². The number of amides is 3. The summed E-state index contributed by atoms with van der Waals surface area (Å²) in [5.41, 5.74) is 7.91. The molecule has 0 heterocycles. The lowest BCUT2D eigenvalue weighted by Gasteiger charge is -2.12. The van der Waals surface area contributed by atoms with E-state index in [-0.39, 0.29) is 29.3 Å². The van der Waals surface area contributed by atoms with Crippen molar-refractivity contribution in [1.82, 2.24) is 16.2 Å². The summed E-state index contributed by atoms with van der Waals surface area (Å²) in [7, 11) is 0. The first-order valence-electron chi connectivity index (χ1n) is 9.28. The number of anilines is 1. The molecule has 3 amide bonds. The van der Waals surface area contributed by atoms with Crippen molar-refractivity contribution in [2.45, 2.75) is 26.2 Å². The molecule has 1 fully saturated rings. The molecule has 0 spiro atoms. The van der Waals surface area contributed by atoms with Crippen molar-refractivity contribution in [2.24, 2.45) is 5.92 Å². The van der Waals surface area contributed by atoms with Crippen LogP contribution in [-0.4, -0.2) is 22.8 Å². The van der Waals surface area contributed by atoms with E-state index in [4.69, 9.17) is 12.2 Å². The van der Waals surface area contributed by atoms with Gasteiger partial charge < -0.3 is 10.6 Å². The zero-order valence-electron chi connectivity index (χ0n) is 16.0. The summed E-state index contributed by atoms with van der Waals surface area (Å²) in [4.78, 5) is 36.0. The summed E-state index contributed by atoms with van der Waals surface area (Å²) >= 11 is 5.04. The molecule has 150 valence electrons. The minimum Gasteiger partial charge on any atom is -0.326 e. The van der Waals surface area contributed by atoms with Crippen LogP contribution < -0.4 is 21.5 Å². The fraction of sp³-hybridized carbons (Fsp3) is 0.238. The second-order valence-corrected chi connectivity index (χ2v) is 7.31. The average molecular weight is 410 g/mol. The van der Waals surface area contributed by atoms with E-state index < -0.39 is 5.91 Å². The average Bonchev–Trinajstić information content (AvgIpc) is 3.54. The predicted molar refractivity (Wildman–Crippen MR) is 114 cm³/mol. The monoisotopic (exact) mass is 410 g/mol. The highest BCUT2D eigenvalue weighted by atomic mass is 32.1. The fourth-order valence-electron chi connectivity index (χ4n) is 2.66. The maximum absolute atomic E-state index is 12.2. The molecule has 0 bridgehead atoms. The molecule has 0 aromatic heterocycles. The van der Waals surface area contributed by atoms with E-state index in [0.717, 1.165) is 24.0 Å². The van der Waals surface area contributed by atoms with Gasteiger partial charge in [-0.1, -0.05) is 24.3 Å². The van der Waals surface area contributed by atoms with Gasteiger partial charge in [0.2, 0.25) is 11.8 Å². The van der Waals surface area contributed by atoms with E-state index in [0.29, 0.717) is 11.3 Å². The third-order valence-electron chi connectivity index (χ3n) is 4.52. The highest BCUT2D eigenvalue weighted by molar-refractivity contribution is 7.80. The van der Waals surface area contributed by atoms with E-state index in [1.165, 1.54) is 0 Å². The number of carbonyl (C=O) groups is 3. The molecule has 7 nitrogen and oxygen atoms in total. The van der Waals surface area contributed by atoms with Crippen LogP contribution in [0.1, 0.15) is 34.3 Å². The van der Waals surface area contributed by atoms with Crippen LogP contribution in [0.3, 0.4) is 0 Å². The molecule has 8 heteroatoms. The molecule has 0 saturated heterocycles. The predicted octanol–water partition coefficient (Wildman–Crippen LogP) is 2.22. The minimum absolute atomic E-state index is 0.00486. The fourth-order valence-corrected chi connectivity index (χ4v) is 2.83. The van der Waals surface area contributed by atoms with Crippen LogP contribution in [0.15, 0.2) is 48.5 Å². The van der Waals surface area contributed by atoms with Crippen molar-refractivity contribution in [2.75, 3.05) is 5.32 Å². The van der Waals surface area contributed by atoms with Crippen molar-refractivity contribution >= 4 is 40.7 Å². The number of aryl methyl sites for hydroxylation is 1. The quantitative estimate of drug-likeness (QED) is 0.448. The first-order valence-corrected chi connectivity index (χ1v) is 9.69. The lowest BCUT2D eigenvalue weighted by molar-refractivity contribution is -0.119. The number of benzene rings is 2. The molecule has 2 aromatic rings. The molecular formula is C21H22N4O3S. The normalized spacial score (nSPS) is 12.6. The van der Waals surface area contributed by atoms with E-state index in [2.05, 4.69) is 21.5 Å². The summed E-state index contributed by atoms with van der Waals surface area (Å²) in [5.74, 6) is -0.567. The summed E-state index contributed by atoms with van der Waals surface area (Å²) < 4.78 is 0. The number of hydrazine groups is 1. The smallest absolute Gasteiger partial charge is 0.269 e. The van der Waals surface area contributed by atoms with Crippen LogP contribution >= 0.6 is 12.2 Å². The molecule has 1 saturated carbocycles. The second kappa shape index (κ2) is 9.29. The van der Waals surface area contributed by atoms with Crippen LogP contribution in [-0.2, 0) is 16.0 Å². The first kappa shape index (κ1) is 20.5. The Bertz CT molecular complexity index is 939. The lowest BCUT2D eigenvalue weighted by Crippen LogP contribution is -2.48. The van der Waals surface area contributed by atoms with Gasteiger partial charge in [0.15, 0.2) is 5.11 Å². The lowest BCUT2D eigenvalue weighted by atomic mass is 10.1. The number of thiocarbonyl (C=S) groups is 1. The Hall–Kier alpha value is -3.26. The number of nitrogens with one attached hydrogen (secondary N) is 4. The van der Waals surface area contributed by atoms with Crippen LogP contribution in [0.4, 0.5) is 5.69 Å². The Morgan fingerprint density at radius 1 is 1.00 bits per heavy atom. The Balaban J connectivity index is 1.43. The molecule has 0 aliphatic heterocycles. The summed E-state index contributed by atoms with van der Waals surface area (Å²) in [6, 6.07) is 14.1. The standard InChI is InChI=1S/C21H22N4O3S/c1-13-4-2-3-5-16(13)12-18(26)23-21(29)25-24-20(28)15-8-10-17(11-9-15)22-19(27)14-6-7-14/h2-5,8-11,14H,6-7,12H2,1H3,(H,22,27)(H,24,28)(H2,23,25,26,29). The van der Waals surface area contributed by atoms with E-state index >= 15 is 0 Å². The molecule has 0 radical (unpaired) electrons. The molecule has 0 atom stereocenters. The Morgan fingerprint density at radius 2 is 1.69 bits per heavy atom. The van der Waals surface area contributed by atoms with Crippen molar-refractivity contribution in [3.63, 3.8) is 0 Å². The molecule has 29 heavy (non-hydrogen) atoms. The number of carbonyl (C=O) groups excluding carboxylic acids is 3.